The minimum Gasteiger partial charge on any atom is -0.478 e. The standard InChI is InChI=1S/C16H19NO3/c1-11-5-3-4-6-13(11)7-8-17-10-14-9-15(16(18)19)12(2)20-14/h3-6,9,17H,7-8,10H2,1-2H3,(H,18,19). The van der Waals surface area contributed by atoms with Crippen LogP contribution in [0.4, 0.5) is 0 Å². The molecular formula is C16H19NO3. The summed E-state index contributed by atoms with van der Waals surface area (Å²) < 4.78 is 5.41. The Morgan fingerprint density at radius 3 is 2.70 bits per heavy atom. The van der Waals surface area contributed by atoms with Crippen LogP contribution in [0.1, 0.15) is 33.0 Å². The summed E-state index contributed by atoms with van der Waals surface area (Å²) in [5.74, 6) is 0.162. The summed E-state index contributed by atoms with van der Waals surface area (Å²) in [4.78, 5) is 10.9. The van der Waals surface area contributed by atoms with Crippen LogP contribution in [0.5, 0.6) is 0 Å². The van der Waals surface area contributed by atoms with Crippen molar-refractivity contribution in [1.82, 2.24) is 5.32 Å². The summed E-state index contributed by atoms with van der Waals surface area (Å²) in [5, 5.41) is 12.2. The highest BCUT2D eigenvalue weighted by Crippen LogP contribution is 2.14. The van der Waals surface area contributed by atoms with E-state index in [2.05, 4.69) is 24.4 Å². The molecule has 0 aliphatic rings. The lowest BCUT2D eigenvalue weighted by molar-refractivity contribution is 0.0695. The number of hydrogen-bond acceptors (Lipinski definition) is 3. The molecule has 0 radical (unpaired) electrons. The van der Waals surface area contributed by atoms with Crippen LogP contribution in [0.3, 0.4) is 0 Å². The molecule has 0 amide bonds. The molecule has 0 saturated heterocycles. The fourth-order valence-corrected chi connectivity index (χ4v) is 2.17. The normalized spacial score (nSPS) is 10.7. The Labute approximate surface area is 118 Å². The summed E-state index contributed by atoms with van der Waals surface area (Å²) in [6.07, 6.45) is 0.943. The molecule has 1 aromatic heterocycles. The maximum atomic E-state index is 10.9. The molecule has 0 bridgehead atoms. The summed E-state index contributed by atoms with van der Waals surface area (Å²) in [5.41, 5.74) is 2.85. The number of furan rings is 1. The van der Waals surface area contributed by atoms with Gasteiger partial charge in [0.15, 0.2) is 0 Å². The Bertz CT molecular complexity index is 602. The van der Waals surface area contributed by atoms with Gasteiger partial charge >= 0.3 is 5.97 Å². The zero-order valence-corrected chi connectivity index (χ0v) is 11.8. The highest BCUT2D eigenvalue weighted by molar-refractivity contribution is 5.88. The minimum absolute atomic E-state index is 0.237. The number of carboxylic acid groups (broad SMARTS) is 1. The third-order valence-electron chi connectivity index (χ3n) is 3.33. The van der Waals surface area contributed by atoms with E-state index in [9.17, 15) is 4.79 Å². The highest BCUT2D eigenvalue weighted by Gasteiger charge is 2.13. The van der Waals surface area contributed by atoms with Crippen LogP contribution in [0.2, 0.25) is 0 Å². The van der Waals surface area contributed by atoms with Crippen LogP contribution >= 0.6 is 0 Å². The lowest BCUT2D eigenvalue weighted by Gasteiger charge is -2.06. The second kappa shape index (κ2) is 6.39. The Balaban J connectivity index is 1.83. The van der Waals surface area contributed by atoms with Crippen LogP contribution in [0, 0.1) is 13.8 Å². The molecule has 0 spiro atoms. The van der Waals surface area contributed by atoms with E-state index >= 15 is 0 Å². The number of hydrogen-bond donors (Lipinski definition) is 2. The minimum atomic E-state index is -0.947. The van der Waals surface area contributed by atoms with E-state index in [0.717, 1.165) is 13.0 Å². The SMILES string of the molecule is Cc1ccccc1CCNCc1cc(C(=O)O)c(C)o1. The quantitative estimate of drug-likeness (QED) is 0.794. The van der Waals surface area contributed by atoms with Gasteiger partial charge in [0, 0.05) is 0 Å². The van der Waals surface area contributed by atoms with Crippen LogP contribution in [0.15, 0.2) is 34.7 Å². The van der Waals surface area contributed by atoms with Gasteiger partial charge in [-0.3, -0.25) is 0 Å². The topological polar surface area (TPSA) is 62.5 Å². The molecule has 2 N–H and O–H groups in total. The molecular weight excluding hydrogens is 254 g/mol. The predicted octanol–water partition coefficient (Wildman–Crippen LogP) is 2.93. The number of rotatable bonds is 6. The number of aromatic carboxylic acids is 1. The summed E-state index contributed by atoms with van der Waals surface area (Å²) in [7, 11) is 0. The smallest absolute Gasteiger partial charge is 0.339 e. The second-order valence-corrected chi connectivity index (χ2v) is 4.84. The highest BCUT2D eigenvalue weighted by atomic mass is 16.4. The second-order valence-electron chi connectivity index (χ2n) is 4.84. The lowest BCUT2D eigenvalue weighted by atomic mass is 10.1. The summed E-state index contributed by atoms with van der Waals surface area (Å²) in [6, 6.07) is 9.88. The van der Waals surface area contributed by atoms with Gasteiger partial charge in [-0.15, -0.1) is 0 Å². The molecule has 0 atom stereocenters. The number of nitrogens with one attached hydrogen (secondary N) is 1. The lowest BCUT2D eigenvalue weighted by Crippen LogP contribution is -2.16. The molecule has 4 nitrogen and oxygen atoms in total. The molecule has 0 saturated carbocycles. The van der Waals surface area contributed by atoms with Crippen LogP contribution in [-0.4, -0.2) is 17.6 Å². The van der Waals surface area contributed by atoms with E-state index in [-0.39, 0.29) is 5.56 Å². The number of aryl methyl sites for hydroxylation is 2. The molecule has 2 aromatic rings. The molecule has 0 fully saturated rings. The maximum Gasteiger partial charge on any atom is 0.339 e. The van der Waals surface area contributed by atoms with Crippen molar-refractivity contribution >= 4 is 5.97 Å². The molecule has 2 rings (SSSR count). The third kappa shape index (κ3) is 3.48. The molecule has 0 unspecified atom stereocenters. The van der Waals surface area contributed by atoms with Gasteiger partial charge in [-0.05, 0) is 44.0 Å². The average Bonchev–Trinajstić information content (AvgIpc) is 2.78. The Hall–Kier alpha value is -2.07. The van der Waals surface area contributed by atoms with Crippen molar-refractivity contribution in [1.29, 1.82) is 0 Å². The van der Waals surface area contributed by atoms with Gasteiger partial charge in [0.05, 0.1) is 6.54 Å². The molecule has 1 aromatic carbocycles. The van der Waals surface area contributed by atoms with Gasteiger partial charge in [0.1, 0.15) is 17.1 Å². The number of carbonyl (C=O) groups is 1. The molecule has 1 heterocycles. The molecule has 20 heavy (non-hydrogen) atoms. The fraction of sp³-hybridized carbons (Fsp3) is 0.312. The number of carboxylic acids is 1. The van der Waals surface area contributed by atoms with E-state index in [1.165, 1.54) is 11.1 Å². The van der Waals surface area contributed by atoms with Crippen LogP contribution < -0.4 is 5.32 Å². The van der Waals surface area contributed by atoms with Crippen molar-refractivity contribution in [3.63, 3.8) is 0 Å². The van der Waals surface area contributed by atoms with Crippen molar-refractivity contribution in [2.45, 2.75) is 26.8 Å². The van der Waals surface area contributed by atoms with Crippen molar-refractivity contribution in [2.75, 3.05) is 6.54 Å². The van der Waals surface area contributed by atoms with Crippen molar-refractivity contribution in [3.8, 4) is 0 Å². The molecule has 0 aliphatic heterocycles. The first-order valence-corrected chi connectivity index (χ1v) is 6.65. The fourth-order valence-electron chi connectivity index (χ4n) is 2.17. The van der Waals surface area contributed by atoms with Crippen molar-refractivity contribution in [3.05, 3.63) is 58.5 Å². The Morgan fingerprint density at radius 2 is 2.05 bits per heavy atom. The zero-order valence-electron chi connectivity index (χ0n) is 11.8. The molecule has 4 heteroatoms. The van der Waals surface area contributed by atoms with Crippen LogP contribution in [0.25, 0.3) is 0 Å². The van der Waals surface area contributed by atoms with Crippen molar-refractivity contribution < 1.29 is 14.3 Å². The van der Waals surface area contributed by atoms with Gasteiger partial charge in [0.2, 0.25) is 0 Å². The van der Waals surface area contributed by atoms with E-state index in [0.29, 0.717) is 18.1 Å². The van der Waals surface area contributed by atoms with Crippen LogP contribution in [-0.2, 0) is 13.0 Å². The first-order valence-electron chi connectivity index (χ1n) is 6.65. The molecule has 0 aliphatic carbocycles. The Morgan fingerprint density at radius 1 is 1.30 bits per heavy atom. The van der Waals surface area contributed by atoms with Gasteiger partial charge in [0.25, 0.3) is 0 Å². The first-order chi connectivity index (χ1) is 9.58. The van der Waals surface area contributed by atoms with Gasteiger partial charge in [-0.2, -0.15) is 0 Å². The zero-order chi connectivity index (χ0) is 14.5. The van der Waals surface area contributed by atoms with Crippen molar-refractivity contribution in [2.24, 2.45) is 0 Å². The van der Waals surface area contributed by atoms with Gasteiger partial charge < -0.3 is 14.8 Å². The van der Waals surface area contributed by atoms with E-state index in [1.807, 2.05) is 12.1 Å². The van der Waals surface area contributed by atoms with Gasteiger partial charge in [-0.25, -0.2) is 4.79 Å². The van der Waals surface area contributed by atoms with E-state index in [4.69, 9.17) is 9.52 Å². The largest absolute Gasteiger partial charge is 0.478 e. The molecule has 106 valence electrons. The van der Waals surface area contributed by atoms with E-state index in [1.54, 1.807) is 13.0 Å². The number of benzene rings is 1. The monoisotopic (exact) mass is 273 g/mol. The first kappa shape index (κ1) is 14.3. The summed E-state index contributed by atoms with van der Waals surface area (Å²) in [6.45, 7) is 5.14. The third-order valence-corrected chi connectivity index (χ3v) is 3.33. The predicted molar refractivity (Wildman–Crippen MR) is 77.0 cm³/mol. The average molecular weight is 273 g/mol. The maximum absolute atomic E-state index is 10.9. The van der Waals surface area contributed by atoms with E-state index < -0.39 is 5.97 Å². The summed E-state index contributed by atoms with van der Waals surface area (Å²) >= 11 is 0. The Kier molecular flexibility index (Phi) is 4.58. The van der Waals surface area contributed by atoms with Gasteiger partial charge in [-0.1, -0.05) is 24.3 Å².